The van der Waals surface area contributed by atoms with E-state index in [4.69, 9.17) is 0 Å². The number of benzene rings is 3. The molecule has 0 aliphatic heterocycles. The topological polar surface area (TPSA) is 59.8 Å². The minimum Gasteiger partial charge on any atom is -0.345 e. The van der Waals surface area contributed by atoms with E-state index in [1.807, 2.05) is 61.5 Å². The van der Waals surface area contributed by atoms with E-state index in [0.717, 1.165) is 28.9 Å². The highest BCUT2D eigenvalue weighted by molar-refractivity contribution is 5.91. The number of nitrogens with zero attached hydrogens (tertiary/aromatic N) is 3. The molecule has 0 aliphatic carbocycles. The number of carbonyl (C=O) groups is 1. The van der Waals surface area contributed by atoms with E-state index in [1.54, 1.807) is 4.68 Å². The van der Waals surface area contributed by atoms with Crippen molar-refractivity contribution in [1.29, 1.82) is 0 Å². The molecule has 0 radical (unpaired) electrons. The Morgan fingerprint density at radius 3 is 2.44 bits per heavy atom. The SMILES string of the molecule is Cc1cccc(-n2nc(C(=O)NCc3cccc(C(F)(F)F)c3)nc2-c2ccccc2)c1. The van der Waals surface area contributed by atoms with Gasteiger partial charge >= 0.3 is 6.18 Å². The van der Waals surface area contributed by atoms with Crippen LogP contribution in [0.2, 0.25) is 0 Å². The Labute approximate surface area is 182 Å². The molecule has 32 heavy (non-hydrogen) atoms. The van der Waals surface area contributed by atoms with Crippen molar-refractivity contribution < 1.29 is 18.0 Å². The van der Waals surface area contributed by atoms with Gasteiger partial charge in [0.05, 0.1) is 11.3 Å². The first kappa shape index (κ1) is 21.3. The van der Waals surface area contributed by atoms with Crippen LogP contribution in [-0.4, -0.2) is 20.7 Å². The summed E-state index contributed by atoms with van der Waals surface area (Å²) in [4.78, 5) is 17.1. The summed E-state index contributed by atoms with van der Waals surface area (Å²) >= 11 is 0. The number of nitrogens with one attached hydrogen (secondary N) is 1. The summed E-state index contributed by atoms with van der Waals surface area (Å²) in [5.74, 6) is -0.163. The van der Waals surface area contributed by atoms with Crippen LogP contribution in [0, 0.1) is 6.92 Å². The maximum atomic E-state index is 12.9. The molecular formula is C24H19F3N4O. The third kappa shape index (κ3) is 4.69. The third-order valence-electron chi connectivity index (χ3n) is 4.80. The van der Waals surface area contributed by atoms with Crippen molar-refractivity contribution in [1.82, 2.24) is 20.1 Å². The number of aromatic nitrogens is 3. The summed E-state index contributed by atoms with van der Waals surface area (Å²) in [5, 5.41) is 6.98. The second-order valence-electron chi connectivity index (χ2n) is 7.26. The smallest absolute Gasteiger partial charge is 0.345 e. The molecule has 3 aromatic carbocycles. The zero-order valence-electron chi connectivity index (χ0n) is 17.1. The van der Waals surface area contributed by atoms with Gasteiger partial charge in [-0.25, -0.2) is 9.67 Å². The van der Waals surface area contributed by atoms with Crippen molar-refractivity contribution in [2.45, 2.75) is 19.6 Å². The molecule has 1 heterocycles. The lowest BCUT2D eigenvalue weighted by Gasteiger charge is -2.09. The van der Waals surface area contributed by atoms with Crippen molar-refractivity contribution in [2.75, 3.05) is 0 Å². The first-order chi connectivity index (χ1) is 15.3. The summed E-state index contributed by atoms with van der Waals surface area (Å²) in [6.45, 7) is 1.87. The van der Waals surface area contributed by atoms with Gasteiger partial charge in [0.25, 0.3) is 5.91 Å². The molecule has 0 fully saturated rings. The van der Waals surface area contributed by atoms with Crippen molar-refractivity contribution in [2.24, 2.45) is 0 Å². The average Bonchev–Trinajstić information content (AvgIpc) is 3.23. The zero-order valence-corrected chi connectivity index (χ0v) is 17.1. The second kappa shape index (κ2) is 8.66. The standard InChI is InChI=1S/C24H19F3N4O/c1-16-7-5-12-20(13-16)31-22(18-9-3-2-4-10-18)29-21(30-31)23(32)28-15-17-8-6-11-19(14-17)24(25,26)27/h2-14H,15H2,1H3,(H,28,32). The molecule has 0 bridgehead atoms. The Morgan fingerprint density at radius 2 is 1.72 bits per heavy atom. The monoisotopic (exact) mass is 436 g/mol. The first-order valence-electron chi connectivity index (χ1n) is 9.85. The summed E-state index contributed by atoms with van der Waals surface area (Å²) in [5.41, 5.74) is 2.10. The lowest BCUT2D eigenvalue weighted by molar-refractivity contribution is -0.137. The largest absolute Gasteiger partial charge is 0.416 e. The molecule has 4 rings (SSSR count). The van der Waals surface area contributed by atoms with Gasteiger partial charge in [-0.05, 0) is 42.3 Å². The molecular weight excluding hydrogens is 417 g/mol. The van der Waals surface area contributed by atoms with Gasteiger partial charge in [-0.3, -0.25) is 4.79 Å². The summed E-state index contributed by atoms with van der Waals surface area (Å²) in [7, 11) is 0. The van der Waals surface area contributed by atoms with Crippen LogP contribution in [0.4, 0.5) is 13.2 Å². The predicted octanol–water partition coefficient (Wildman–Crippen LogP) is 5.19. The van der Waals surface area contributed by atoms with Crippen LogP contribution >= 0.6 is 0 Å². The van der Waals surface area contributed by atoms with Crippen molar-refractivity contribution >= 4 is 5.91 Å². The molecule has 1 N–H and O–H groups in total. The Balaban J connectivity index is 1.62. The lowest BCUT2D eigenvalue weighted by atomic mass is 10.1. The van der Waals surface area contributed by atoms with Gasteiger partial charge in [-0.1, -0.05) is 54.6 Å². The fourth-order valence-electron chi connectivity index (χ4n) is 3.24. The van der Waals surface area contributed by atoms with Gasteiger partial charge in [-0.15, -0.1) is 5.10 Å². The minimum absolute atomic E-state index is 0.0719. The molecule has 0 spiro atoms. The average molecular weight is 436 g/mol. The highest BCUT2D eigenvalue weighted by Crippen LogP contribution is 2.29. The number of halogens is 3. The van der Waals surface area contributed by atoms with E-state index in [0.29, 0.717) is 11.4 Å². The van der Waals surface area contributed by atoms with Gasteiger partial charge < -0.3 is 5.32 Å². The quantitative estimate of drug-likeness (QED) is 0.468. The van der Waals surface area contributed by atoms with Crippen LogP contribution < -0.4 is 5.32 Å². The number of aryl methyl sites for hydroxylation is 1. The fraction of sp³-hybridized carbons (Fsp3) is 0.125. The Kier molecular flexibility index (Phi) is 5.77. The molecule has 0 atom stereocenters. The highest BCUT2D eigenvalue weighted by atomic mass is 19.4. The van der Waals surface area contributed by atoms with Crippen molar-refractivity contribution in [3.05, 3.63) is 101 Å². The van der Waals surface area contributed by atoms with Gasteiger partial charge in [0.15, 0.2) is 5.82 Å². The fourth-order valence-corrected chi connectivity index (χ4v) is 3.24. The van der Waals surface area contributed by atoms with Crippen LogP contribution in [0.15, 0.2) is 78.9 Å². The van der Waals surface area contributed by atoms with Crippen LogP contribution in [0.5, 0.6) is 0 Å². The molecule has 1 aromatic heterocycles. The van der Waals surface area contributed by atoms with E-state index in [2.05, 4.69) is 15.4 Å². The number of alkyl halides is 3. The number of hydrogen-bond acceptors (Lipinski definition) is 3. The molecule has 1 amide bonds. The van der Waals surface area contributed by atoms with Crippen LogP contribution in [0.25, 0.3) is 17.1 Å². The maximum absolute atomic E-state index is 12.9. The van der Waals surface area contributed by atoms with Crippen LogP contribution in [0.3, 0.4) is 0 Å². The van der Waals surface area contributed by atoms with E-state index in [-0.39, 0.29) is 12.4 Å². The van der Waals surface area contributed by atoms with Gasteiger partial charge in [0.1, 0.15) is 0 Å². The van der Waals surface area contributed by atoms with Crippen LogP contribution in [-0.2, 0) is 12.7 Å². The Bertz CT molecular complexity index is 1250. The first-order valence-corrected chi connectivity index (χ1v) is 9.85. The third-order valence-corrected chi connectivity index (χ3v) is 4.80. The van der Waals surface area contributed by atoms with Gasteiger partial charge in [-0.2, -0.15) is 13.2 Å². The van der Waals surface area contributed by atoms with Gasteiger partial charge in [0.2, 0.25) is 5.82 Å². The molecule has 8 heteroatoms. The maximum Gasteiger partial charge on any atom is 0.416 e. The molecule has 0 saturated carbocycles. The molecule has 5 nitrogen and oxygen atoms in total. The molecule has 0 aliphatic rings. The van der Waals surface area contributed by atoms with E-state index < -0.39 is 17.6 Å². The van der Waals surface area contributed by atoms with Gasteiger partial charge in [0, 0.05) is 12.1 Å². The zero-order chi connectivity index (χ0) is 22.7. The van der Waals surface area contributed by atoms with Crippen molar-refractivity contribution in [3.63, 3.8) is 0 Å². The Morgan fingerprint density at radius 1 is 0.969 bits per heavy atom. The molecule has 0 unspecified atom stereocenters. The molecule has 162 valence electrons. The number of rotatable bonds is 5. The Hall–Kier alpha value is -3.94. The summed E-state index contributed by atoms with van der Waals surface area (Å²) in [6.07, 6.45) is -4.45. The molecule has 0 saturated heterocycles. The minimum atomic E-state index is -4.45. The summed E-state index contributed by atoms with van der Waals surface area (Å²) < 4.78 is 40.3. The number of hydrogen-bond donors (Lipinski definition) is 1. The predicted molar refractivity (Wildman–Crippen MR) is 114 cm³/mol. The number of amides is 1. The second-order valence-corrected chi connectivity index (χ2v) is 7.26. The summed E-state index contributed by atoms with van der Waals surface area (Å²) in [6, 6.07) is 21.8. The van der Waals surface area contributed by atoms with E-state index >= 15 is 0 Å². The van der Waals surface area contributed by atoms with Crippen LogP contribution in [0.1, 0.15) is 27.3 Å². The molecule has 4 aromatic rings. The van der Waals surface area contributed by atoms with E-state index in [9.17, 15) is 18.0 Å². The normalized spacial score (nSPS) is 11.4. The van der Waals surface area contributed by atoms with Crippen molar-refractivity contribution in [3.8, 4) is 17.1 Å². The lowest BCUT2D eigenvalue weighted by Crippen LogP contribution is -2.24. The number of carbonyl (C=O) groups excluding carboxylic acids is 1. The highest BCUT2D eigenvalue weighted by Gasteiger charge is 2.30. The van der Waals surface area contributed by atoms with E-state index in [1.165, 1.54) is 12.1 Å².